The number of rotatable bonds is 3. The lowest BCUT2D eigenvalue weighted by molar-refractivity contribution is -0.137. The van der Waals surface area contributed by atoms with Crippen molar-refractivity contribution in [1.29, 1.82) is 0 Å². The van der Waals surface area contributed by atoms with Gasteiger partial charge in [0.2, 0.25) is 0 Å². The smallest absolute Gasteiger partial charge is 0.379 e. The summed E-state index contributed by atoms with van der Waals surface area (Å²) >= 11 is 0. The first-order valence-electron chi connectivity index (χ1n) is 6.03. The Morgan fingerprint density at radius 2 is 1.75 bits per heavy atom. The van der Waals surface area contributed by atoms with E-state index in [0.29, 0.717) is 12.6 Å². The lowest BCUT2D eigenvalue weighted by atomic mass is 10.1. The number of halogens is 4. The standard InChI is InChI=1S/C15H13F4N/c1-10-4-2-3-5-11(10)9-20-14-7-6-12(8-13(14)16)15(17,18)19/h2-8,20H,9H2,1H3. The van der Waals surface area contributed by atoms with Gasteiger partial charge in [0.05, 0.1) is 11.3 Å². The summed E-state index contributed by atoms with van der Waals surface area (Å²) in [6, 6.07) is 10.0. The number of nitrogens with one attached hydrogen (secondary N) is 1. The van der Waals surface area contributed by atoms with Gasteiger partial charge in [-0.05, 0) is 36.2 Å². The fraction of sp³-hybridized carbons (Fsp3) is 0.200. The zero-order valence-corrected chi connectivity index (χ0v) is 10.8. The predicted octanol–water partition coefficient (Wildman–Crippen LogP) is 4.77. The summed E-state index contributed by atoms with van der Waals surface area (Å²) in [5, 5.41) is 2.81. The Morgan fingerprint density at radius 3 is 2.35 bits per heavy atom. The second-order valence-corrected chi connectivity index (χ2v) is 4.47. The van der Waals surface area contributed by atoms with Gasteiger partial charge in [0, 0.05) is 6.54 Å². The quantitative estimate of drug-likeness (QED) is 0.800. The second kappa shape index (κ2) is 5.53. The fourth-order valence-corrected chi connectivity index (χ4v) is 1.83. The predicted molar refractivity (Wildman–Crippen MR) is 69.9 cm³/mol. The van der Waals surface area contributed by atoms with Crippen LogP contribution < -0.4 is 5.32 Å². The highest BCUT2D eigenvalue weighted by molar-refractivity contribution is 5.47. The largest absolute Gasteiger partial charge is 0.416 e. The molecule has 0 fully saturated rings. The zero-order chi connectivity index (χ0) is 14.8. The maximum Gasteiger partial charge on any atom is 0.416 e. The lowest BCUT2D eigenvalue weighted by Crippen LogP contribution is -2.07. The first-order valence-corrected chi connectivity index (χ1v) is 6.03. The minimum absolute atomic E-state index is 0.0567. The van der Waals surface area contributed by atoms with Gasteiger partial charge in [0.15, 0.2) is 0 Å². The van der Waals surface area contributed by atoms with E-state index in [1.54, 1.807) is 0 Å². The van der Waals surface area contributed by atoms with E-state index < -0.39 is 17.6 Å². The van der Waals surface area contributed by atoms with Gasteiger partial charge in [-0.2, -0.15) is 13.2 Å². The fourth-order valence-electron chi connectivity index (χ4n) is 1.83. The molecule has 0 heterocycles. The van der Waals surface area contributed by atoms with Crippen LogP contribution in [0.1, 0.15) is 16.7 Å². The Balaban J connectivity index is 2.13. The van der Waals surface area contributed by atoms with Crippen LogP contribution in [-0.2, 0) is 12.7 Å². The molecule has 0 saturated heterocycles. The SMILES string of the molecule is Cc1ccccc1CNc1ccc(C(F)(F)F)cc1F. The van der Waals surface area contributed by atoms with Gasteiger partial charge in [0.25, 0.3) is 0 Å². The molecule has 1 nitrogen and oxygen atoms in total. The van der Waals surface area contributed by atoms with Crippen molar-refractivity contribution in [3.05, 3.63) is 65.0 Å². The van der Waals surface area contributed by atoms with Crippen LogP contribution in [0.2, 0.25) is 0 Å². The Morgan fingerprint density at radius 1 is 1.05 bits per heavy atom. The van der Waals surface area contributed by atoms with E-state index in [1.165, 1.54) is 0 Å². The first-order chi connectivity index (χ1) is 9.38. The normalized spacial score (nSPS) is 11.4. The van der Waals surface area contributed by atoms with E-state index in [4.69, 9.17) is 0 Å². The third-order valence-electron chi connectivity index (χ3n) is 3.03. The van der Waals surface area contributed by atoms with Gasteiger partial charge in [-0.1, -0.05) is 24.3 Å². The van der Waals surface area contributed by atoms with E-state index in [0.717, 1.165) is 23.3 Å². The van der Waals surface area contributed by atoms with Crippen molar-refractivity contribution in [2.75, 3.05) is 5.32 Å². The molecule has 0 bridgehead atoms. The molecule has 5 heteroatoms. The molecule has 2 rings (SSSR count). The van der Waals surface area contributed by atoms with Gasteiger partial charge in [-0.3, -0.25) is 0 Å². The summed E-state index contributed by atoms with van der Waals surface area (Å²) in [6.45, 7) is 2.27. The molecule has 2 aromatic carbocycles. The lowest BCUT2D eigenvalue weighted by Gasteiger charge is -2.12. The Kier molecular flexibility index (Phi) is 3.97. The highest BCUT2D eigenvalue weighted by Crippen LogP contribution is 2.31. The van der Waals surface area contributed by atoms with Gasteiger partial charge in [-0.25, -0.2) is 4.39 Å². The molecule has 106 valence electrons. The van der Waals surface area contributed by atoms with Crippen LogP contribution in [0, 0.1) is 12.7 Å². The molecule has 0 aromatic heterocycles. The number of aryl methyl sites for hydroxylation is 1. The third kappa shape index (κ3) is 3.29. The molecule has 0 radical (unpaired) electrons. The number of benzene rings is 2. The minimum atomic E-state index is -4.53. The Bertz CT molecular complexity index is 605. The molecular formula is C15H13F4N. The van der Waals surface area contributed by atoms with Crippen molar-refractivity contribution in [3.8, 4) is 0 Å². The van der Waals surface area contributed by atoms with E-state index in [2.05, 4.69) is 5.32 Å². The van der Waals surface area contributed by atoms with Crippen LogP contribution in [0.15, 0.2) is 42.5 Å². The zero-order valence-electron chi connectivity index (χ0n) is 10.8. The van der Waals surface area contributed by atoms with Crippen molar-refractivity contribution in [2.24, 2.45) is 0 Å². The molecule has 2 aromatic rings. The molecule has 0 aliphatic carbocycles. The van der Waals surface area contributed by atoms with E-state index in [-0.39, 0.29) is 5.69 Å². The second-order valence-electron chi connectivity index (χ2n) is 4.47. The average molecular weight is 283 g/mol. The van der Waals surface area contributed by atoms with Crippen LogP contribution in [0.4, 0.5) is 23.2 Å². The molecular weight excluding hydrogens is 270 g/mol. The van der Waals surface area contributed by atoms with E-state index >= 15 is 0 Å². The molecule has 0 amide bonds. The molecule has 0 saturated carbocycles. The Hall–Kier alpha value is -2.04. The third-order valence-corrected chi connectivity index (χ3v) is 3.03. The van der Waals surface area contributed by atoms with E-state index in [1.807, 2.05) is 31.2 Å². The number of hydrogen-bond acceptors (Lipinski definition) is 1. The molecule has 0 atom stereocenters. The summed E-state index contributed by atoms with van der Waals surface area (Å²) in [5.74, 6) is -0.909. The molecule has 0 aliphatic heterocycles. The van der Waals surface area contributed by atoms with Crippen LogP contribution in [0.3, 0.4) is 0 Å². The molecule has 0 unspecified atom stereocenters. The van der Waals surface area contributed by atoms with Gasteiger partial charge in [0.1, 0.15) is 5.82 Å². The number of anilines is 1. The summed E-state index contributed by atoms with van der Waals surface area (Å²) < 4.78 is 50.9. The monoisotopic (exact) mass is 283 g/mol. The highest BCUT2D eigenvalue weighted by Gasteiger charge is 2.31. The summed E-state index contributed by atoms with van der Waals surface area (Å²) in [4.78, 5) is 0. The van der Waals surface area contributed by atoms with Crippen molar-refractivity contribution < 1.29 is 17.6 Å². The van der Waals surface area contributed by atoms with Crippen LogP contribution in [0.25, 0.3) is 0 Å². The van der Waals surface area contributed by atoms with Crippen LogP contribution in [-0.4, -0.2) is 0 Å². The van der Waals surface area contributed by atoms with Gasteiger partial charge in [-0.15, -0.1) is 0 Å². The van der Waals surface area contributed by atoms with E-state index in [9.17, 15) is 17.6 Å². The van der Waals surface area contributed by atoms with Crippen molar-refractivity contribution >= 4 is 5.69 Å². The van der Waals surface area contributed by atoms with Crippen molar-refractivity contribution in [2.45, 2.75) is 19.6 Å². The number of alkyl halides is 3. The average Bonchev–Trinajstić information content (AvgIpc) is 2.38. The summed E-state index contributed by atoms with van der Waals surface area (Å²) in [7, 11) is 0. The van der Waals surface area contributed by atoms with Gasteiger partial charge >= 0.3 is 6.18 Å². The van der Waals surface area contributed by atoms with Crippen LogP contribution >= 0.6 is 0 Å². The molecule has 0 aliphatic rings. The summed E-state index contributed by atoms with van der Waals surface area (Å²) in [5.41, 5.74) is 1.07. The maximum absolute atomic E-state index is 13.6. The molecule has 1 N–H and O–H groups in total. The maximum atomic E-state index is 13.6. The molecule has 0 spiro atoms. The van der Waals surface area contributed by atoms with Crippen molar-refractivity contribution in [1.82, 2.24) is 0 Å². The van der Waals surface area contributed by atoms with Crippen LogP contribution in [0.5, 0.6) is 0 Å². The summed E-state index contributed by atoms with van der Waals surface area (Å²) in [6.07, 6.45) is -4.53. The van der Waals surface area contributed by atoms with Crippen molar-refractivity contribution in [3.63, 3.8) is 0 Å². The molecule has 20 heavy (non-hydrogen) atoms. The highest BCUT2D eigenvalue weighted by atomic mass is 19.4. The Labute approximate surface area is 114 Å². The van der Waals surface area contributed by atoms with Gasteiger partial charge < -0.3 is 5.32 Å². The number of hydrogen-bond donors (Lipinski definition) is 1. The first kappa shape index (κ1) is 14.4. The topological polar surface area (TPSA) is 12.0 Å². The minimum Gasteiger partial charge on any atom is -0.379 e.